The number of hydrogen-bond acceptors (Lipinski definition) is 7. The van der Waals surface area contributed by atoms with Gasteiger partial charge >= 0.3 is 12.0 Å². The summed E-state index contributed by atoms with van der Waals surface area (Å²) >= 11 is 0. The molecule has 0 aliphatic carbocycles. The van der Waals surface area contributed by atoms with Crippen LogP contribution in [0.4, 0.5) is 4.79 Å². The lowest BCUT2D eigenvalue weighted by Gasteiger charge is -2.30. The van der Waals surface area contributed by atoms with Crippen molar-refractivity contribution in [3.8, 4) is 0 Å². The summed E-state index contributed by atoms with van der Waals surface area (Å²) in [6, 6.07) is 22.2. The van der Waals surface area contributed by atoms with Crippen molar-refractivity contribution in [1.29, 1.82) is 0 Å². The number of esters is 1. The van der Waals surface area contributed by atoms with E-state index in [2.05, 4.69) is 5.16 Å². The van der Waals surface area contributed by atoms with Crippen LogP contribution in [0.1, 0.15) is 24.0 Å². The van der Waals surface area contributed by atoms with Crippen molar-refractivity contribution in [2.45, 2.75) is 18.9 Å². The van der Waals surface area contributed by atoms with Gasteiger partial charge in [-0.1, -0.05) is 71.9 Å². The number of nitrogens with one attached hydrogen (secondary N) is 2. The zero-order chi connectivity index (χ0) is 24.6. The molecule has 0 spiro atoms. The lowest BCUT2D eigenvalue weighted by Crippen LogP contribution is -2.63. The van der Waals surface area contributed by atoms with Gasteiger partial charge in [-0.25, -0.2) is 9.59 Å². The van der Waals surface area contributed by atoms with Gasteiger partial charge < -0.3 is 9.57 Å². The van der Waals surface area contributed by atoms with Crippen molar-refractivity contribution in [3.63, 3.8) is 0 Å². The third-order valence-corrected chi connectivity index (χ3v) is 6.26. The molecule has 5 rings (SSSR count). The summed E-state index contributed by atoms with van der Waals surface area (Å²) in [5.74, 6) is -3.05. The number of oxime groups is 1. The Morgan fingerprint density at radius 1 is 0.943 bits per heavy atom. The molecule has 4 amide bonds. The molecule has 2 aliphatic rings. The normalized spacial score (nSPS) is 21.1. The fourth-order valence-corrected chi connectivity index (χ4v) is 4.17. The monoisotopic (exact) mass is 471 g/mol. The van der Waals surface area contributed by atoms with Gasteiger partial charge in [-0.05, 0) is 29.3 Å². The van der Waals surface area contributed by atoms with Gasteiger partial charge in [0.15, 0.2) is 5.41 Å². The van der Waals surface area contributed by atoms with E-state index >= 15 is 0 Å². The molecule has 2 aliphatic heterocycles. The summed E-state index contributed by atoms with van der Waals surface area (Å²) in [7, 11) is 0. The Hall–Kier alpha value is -4.53. The zero-order valence-corrected chi connectivity index (χ0v) is 18.7. The van der Waals surface area contributed by atoms with Crippen molar-refractivity contribution in [2.24, 2.45) is 10.6 Å². The second-order valence-corrected chi connectivity index (χ2v) is 8.63. The van der Waals surface area contributed by atoms with Crippen molar-refractivity contribution < 1.29 is 28.8 Å². The SMILES string of the molecule is CC1(COC(=O)[C@@H]2ON=C(c3ccc4ccccc4c3)[C@H]2c2ccccc2)C(=O)NC(=O)NC1=O. The number of hydrogen-bond donors (Lipinski definition) is 2. The first kappa shape index (κ1) is 22.3. The topological polar surface area (TPSA) is 123 Å². The van der Waals surface area contributed by atoms with Gasteiger partial charge in [0.2, 0.25) is 17.9 Å². The number of barbiturate groups is 1. The molecular formula is C26H21N3O6. The number of carbonyl (C=O) groups is 4. The molecular weight excluding hydrogens is 450 g/mol. The minimum atomic E-state index is -1.76. The number of amides is 4. The van der Waals surface area contributed by atoms with Crippen molar-refractivity contribution in [1.82, 2.24) is 10.6 Å². The van der Waals surface area contributed by atoms with Crippen LogP contribution in [0, 0.1) is 5.41 Å². The highest BCUT2D eigenvalue weighted by Crippen LogP contribution is 2.34. The molecule has 1 saturated heterocycles. The molecule has 2 heterocycles. The molecule has 9 nitrogen and oxygen atoms in total. The second kappa shape index (κ2) is 8.68. The molecule has 0 unspecified atom stereocenters. The summed E-state index contributed by atoms with van der Waals surface area (Å²) in [5, 5.41) is 10.4. The van der Waals surface area contributed by atoms with E-state index < -0.39 is 47.9 Å². The lowest BCUT2D eigenvalue weighted by atomic mass is 9.85. The van der Waals surface area contributed by atoms with Crippen molar-refractivity contribution >= 4 is 40.3 Å². The molecule has 0 bridgehead atoms. The van der Waals surface area contributed by atoms with Gasteiger partial charge in [0.05, 0.1) is 11.6 Å². The molecule has 2 atom stereocenters. The molecule has 9 heteroatoms. The molecule has 2 N–H and O–H groups in total. The van der Waals surface area contributed by atoms with Crippen LogP contribution in [0.5, 0.6) is 0 Å². The number of benzene rings is 3. The number of urea groups is 1. The predicted molar refractivity (Wildman–Crippen MR) is 125 cm³/mol. The summed E-state index contributed by atoms with van der Waals surface area (Å²) in [6.45, 7) is 0.724. The fraction of sp³-hybridized carbons (Fsp3) is 0.192. The molecule has 176 valence electrons. The number of rotatable bonds is 5. The summed E-state index contributed by atoms with van der Waals surface area (Å²) < 4.78 is 5.38. The van der Waals surface area contributed by atoms with Gasteiger partial charge in [0.1, 0.15) is 6.61 Å². The Morgan fingerprint density at radius 2 is 1.60 bits per heavy atom. The molecule has 1 fully saturated rings. The molecule has 3 aromatic carbocycles. The first-order chi connectivity index (χ1) is 16.9. The largest absolute Gasteiger partial charge is 0.461 e. The minimum Gasteiger partial charge on any atom is -0.461 e. The number of nitrogens with zero attached hydrogens (tertiary/aromatic N) is 1. The van der Waals surface area contributed by atoms with Crippen LogP contribution in [0.25, 0.3) is 10.8 Å². The van der Waals surface area contributed by atoms with Gasteiger partial charge in [0, 0.05) is 5.56 Å². The van der Waals surface area contributed by atoms with Crippen LogP contribution >= 0.6 is 0 Å². The average molecular weight is 471 g/mol. The summed E-state index contributed by atoms with van der Waals surface area (Å²) in [5.41, 5.74) is 0.397. The highest BCUT2D eigenvalue weighted by molar-refractivity contribution is 6.19. The van der Waals surface area contributed by atoms with Crippen LogP contribution in [0.15, 0.2) is 78.0 Å². The smallest absolute Gasteiger partial charge is 0.351 e. The predicted octanol–water partition coefficient (Wildman–Crippen LogP) is 2.64. The standard InChI is InChI=1S/C26H21N3O6/c1-26(23(31)27-25(33)28-24(26)32)14-34-22(30)21-19(16-8-3-2-4-9-16)20(29-35-21)18-12-11-15-7-5-6-10-17(15)13-18/h2-13,19,21H,14H2,1H3,(H2,27,28,31,32,33)/t19-,21-/m1/s1. The Morgan fingerprint density at radius 3 is 2.31 bits per heavy atom. The van der Waals surface area contributed by atoms with E-state index in [1.54, 1.807) is 0 Å². The Kier molecular flexibility index (Phi) is 5.52. The van der Waals surface area contributed by atoms with Gasteiger partial charge in [-0.3, -0.25) is 20.2 Å². The van der Waals surface area contributed by atoms with Crippen molar-refractivity contribution in [3.05, 3.63) is 83.9 Å². The van der Waals surface area contributed by atoms with E-state index in [0.717, 1.165) is 21.9 Å². The number of fused-ring (bicyclic) bond motifs is 1. The van der Waals surface area contributed by atoms with Crippen LogP contribution < -0.4 is 10.6 Å². The molecule has 3 aromatic rings. The van der Waals surface area contributed by atoms with Crippen molar-refractivity contribution in [2.75, 3.05) is 6.61 Å². The van der Waals surface area contributed by atoms with Crippen LogP contribution in [-0.2, 0) is 24.0 Å². The third-order valence-electron chi connectivity index (χ3n) is 6.26. The number of carbonyl (C=O) groups excluding carboxylic acids is 4. The van der Waals surface area contributed by atoms with E-state index in [0.29, 0.717) is 5.71 Å². The second-order valence-electron chi connectivity index (χ2n) is 8.63. The van der Waals surface area contributed by atoms with Crippen LogP contribution in [-0.4, -0.2) is 42.2 Å². The number of imide groups is 2. The van der Waals surface area contributed by atoms with E-state index in [9.17, 15) is 19.2 Å². The molecule has 0 aromatic heterocycles. The minimum absolute atomic E-state index is 0.564. The molecule has 0 saturated carbocycles. The Bertz CT molecular complexity index is 1360. The average Bonchev–Trinajstić information content (AvgIpc) is 3.31. The third kappa shape index (κ3) is 4.01. The summed E-state index contributed by atoms with van der Waals surface area (Å²) in [6.07, 6.45) is -1.13. The maximum absolute atomic E-state index is 13.1. The number of ether oxygens (including phenoxy) is 1. The molecule has 35 heavy (non-hydrogen) atoms. The Balaban J connectivity index is 1.41. The lowest BCUT2D eigenvalue weighted by molar-refractivity contribution is -0.163. The first-order valence-electron chi connectivity index (χ1n) is 11.0. The first-order valence-corrected chi connectivity index (χ1v) is 11.0. The van der Waals surface area contributed by atoms with E-state index in [1.807, 2.05) is 83.4 Å². The summed E-state index contributed by atoms with van der Waals surface area (Å²) in [4.78, 5) is 54.6. The van der Waals surface area contributed by atoms with Gasteiger partial charge in [-0.15, -0.1) is 0 Å². The van der Waals surface area contributed by atoms with Gasteiger partial charge in [-0.2, -0.15) is 0 Å². The molecule has 0 radical (unpaired) electrons. The highest BCUT2D eigenvalue weighted by atomic mass is 16.7. The Labute approximate surface area is 200 Å². The van der Waals surface area contributed by atoms with Crippen LogP contribution in [0.2, 0.25) is 0 Å². The fourth-order valence-electron chi connectivity index (χ4n) is 4.17. The van der Waals surface area contributed by atoms with Gasteiger partial charge in [0.25, 0.3) is 0 Å². The highest BCUT2D eigenvalue weighted by Gasteiger charge is 2.49. The van der Waals surface area contributed by atoms with E-state index in [-0.39, 0.29) is 0 Å². The quantitative estimate of drug-likeness (QED) is 0.436. The van der Waals surface area contributed by atoms with E-state index in [4.69, 9.17) is 9.57 Å². The maximum atomic E-state index is 13.1. The maximum Gasteiger partial charge on any atom is 0.351 e. The zero-order valence-electron chi connectivity index (χ0n) is 18.7. The van der Waals surface area contributed by atoms with E-state index in [1.165, 1.54) is 6.92 Å². The van der Waals surface area contributed by atoms with Crippen LogP contribution in [0.3, 0.4) is 0 Å².